The van der Waals surface area contributed by atoms with Crippen molar-refractivity contribution in [2.45, 2.75) is 53.0 Å². The van der Waals surface area contributed by atoms with Crippen LogP contribution in [0.2, 0.25) is 0 Å². The average Bonchev–Trinajstić information content (AvgIpc) is 2.73. The lowest BCUT2D eigenvalue weighted by atomic mass is 9.69. The quantitative estimate of drug-likeness (QED) is 0.698. The normalized spacial score (nSPS) is 39.7. The van der Waals surface area contributed by atoms with Gasteiger partial charge in [0.15, 0.2) is 0 Å². The number of hydrogen-bond acceptors (Lipinski definition) is 3. The van der Waals surface area contributed by atoms with Crippen LogP contribution in [0.15, 0.2) is 11.6 Å². The molecule has 2 saturated carbocycles. The summed E-state index contributed by atoms with van der Waals surface area (Å²) in [6.07, 6.45) is 4.33. The smallest absolute Gasteiger partial charge is 0.260 e. The van der Waals surface area contributed by atoms with Crippen LogP contribution in [0, 0.1) is 16.7 Å². The number of nitrogens with zero attached hydrogens (tertiary/aromatic N) is 1. The number of amides is 1. The van der Waals surface area contributed by atoms with Crippen LogP contribution in [-0.2, 0) is 14.8 Å². The summed E-state index contributed by atoms with van der Waals surface area (Å²) in [6, 6.07) is -0.121. The highest BCUT2D eigenvalue weighted by Crippen LogP contribution is 2.69. The topological polar surface area (TPSA) is 54.5 Å². The van der Waals surface area contributed by atoms with E-state index < -0.39 is 10.0 Å². The highest BCUT2D eigenvalue weighted by Gasteiger charge is 2.72. The molecule has 3 atom stereocenters. The fourth-order valence-corrected chi connectivity index (χ4v) is 7.39. The van der Waals surface area contributed by atoms with Gasteiger partial charge in [0.2, 0.25) is 10.0 Å². The first-order valence-electron chi connectivity index (χ1n) is 7.33. The van der Waals surface area contributed by atoms with Gasteiger partial charge in [0.05, 0.1) is 11.8 Å². The summed E-state index contributed by atoms with van der Waals surface area (Å²) in [5.74, 6) is 0.344. The van der Waals surface area contributed by atoms with Gasteiger partial charge in [-0.15, -0.1) is 0 Å². The van der Waals surface area contributed by atoms with Crippen LogP contribution in [0.4, 0.5) is 0 Å². The molecule has 0 N–H and O–H groups in total. The first kappa shape index (κ1) is 14.1. The summed E-state index contributed by atoms with van der Waals surface area (Å²) in [6.45, 7) is 8.02. The van der Waals surface area contributed by atoms with Crippen molar-refractivity contribution in [3.63, 3.8) is 0 Å². The van der Waals surface area contributed by atoms with E-state index in [4.69, 9.17) is 0 Å². The summed E-state index contributed by atoms with van der Waals surface area (Å²) in [5, 5.41) is 0. The Hall–Kier alpha value is -0.840. The van der Waals surface area contributed by atoms with Crippen molar-refractivity contribution in [2.75, 3.05) is 5.75 Å². The zero-order chi connectivity index (χ0) is 14.9. The van der Waals surface area contributed by atoms with Crippen molar-refractivity contribution in [1.82, 2.24) is 4.31 Å². The summed E-state index contributed by atoms with van der Waals surface area (Å²) >= 11 is 0. The second-order valence-corrected chi connectivity index (χ2v) is 9.32. The lowest BCUT2D eigenvalue weighted by molar-refractivity contribution is -0.124. The van der Waals surface area contributed by atoms with E-state index in [0.717, 1.165) is 24.8 Å². The summed E-state index contributed by atoms with van der Waals surface area (Å²) in [5.41, 5.74) is 0.639. The molecule has 20 heavy (non-hydrogen) atoms. The maximum absolute atomic E-state index is 12.5. The van der Waals surface area contributed by atoms with Crippen LogP contribution in [0.5, 0.6) is 0 Å². The van der Waals surface area contributed by atoms with Crippen molar-refractivity contribution < 1.29 is 13.2 Å². The molecule has 0 radical (unpaired) electrons. The minimum Gasteiger partial charge on any atom is -0.269 e. The van der Waals surface area contributed by atoms with Crippen LogP contribution in [0.3, 0.4) is 0 Å². The lowest BCUT2D eigenvalue weighted by Crippen LogP contribution is -2.43. The number of carbonyl (C=O) groups is 1. The van der Waals surface area contributed by atoms with Crippen molar-refractivity contribution in [3.8, 4) is 0 Å². The van der Waals surface area contributed by atoms with E-state index in [1.54, 1.807) is 0 Å². The van der Waals surface area contributed by atoms with E-state index in [-0.39, 0.29) is 28.5 Å². The third-order valence-corrected chi connectivity index (χ3v) is 7.95. The van der Waals surface area contributed by atoms with E-state index in [0.29, 0.717) is 5.92 Å². The summed E-state index contributed by atoms with van der Waals surface area (Å²) in [4.78, 5) is 12.4. The Labute approximate surface area is 121 Å². The second-order valence-electron chi connectivity index (χ2n) is 7.48. The van der Waals surface area contributed by atoms with E-state index in [1.807, 2.05) is 13.8 Å². The average molecular weight is 297 g/mol. The van der Waals surface area contributed by atoms with Gasteiger partial charge >= 0.3 is 0 Å². The fraction of sp³-hybridized carbons (Fsp3) is 0.800. The Kier molecular flexibility index (Phi) is 2.73. The predicted octanol–water partition coefficient (Wildman–Crippen LogP) is 2.32. The summed E-state index contributed by atoms with van der Waals surface area (Å²) < 4.78 is 26.3. The number of sulfonamides is 1. The van der Waals surface area contributed by atoms with Gasteiger partial charge in [-0.2, -0.15) is 0 Å². The van der Waals surface area contributed by atoms with Gasteiger partial charge in [0.1, 0.15) is 0 Å². The van der Waals surface area contributed by atoms with Crippen molar-refractivity contribution in [2.24, 2.45) is 16.7 Å². The molecule has 1 heterocycles. The Morgan fingerprint density at radius 1 is 1.30 bits per heavy atom. The first-order valence-corrected chi connectivity index (χ1v) is 8.94. The summed E-state index contributed by atoms with van der Waals surface area (Å²) in [7, 11) is -3.47. The van der Waals surface area contributed by atoms with Gasteiger partial charge in [-0.25, -0.2) is 12.7 Å². The third kappa shape index (κ3) is 1.53. The van der Waals surface area contributed by atoms with Crippen LogP contribution >= 0.6 is 0 Å². The Morgan fingerprint density at radius 2 is 1.95 bits per heavy atom. The van der Waals surface area contributed by atoms with E-state index >= 15 is 0 Å². The lowest BCUT2D eigenvalue weighted by Gasteiger charge is -2.36. The molecule has 5 heteroatoms. The minimum atomic E-state index is -3.47. The molecule has 3 rings (SSSR count). The second kappa shape index (κ2) is 3.87. The van der Waals surface area contributed by atoms with Gasteiger partial charge in [-0.3, -0.25) is 4.79 Å². The molecule has 0 aromatic heterocycles. The van der Waals surface area contributed by atoms with Crippen molar-refractivity contribution in [3.05, 3.63) is 11.6 Å². The number of hydrogen-bond donors (Lipinski definition) is 0. The molecule has 2 aliphatic carbocycles. The monoisotopic (exact) mass is 297 g/mol. The highest BCUT2D eigenvalue weighted by atomic mass is 32.2. The molecule has 1 spiro atoms. The maximum Gasteiger partial charge on any atom is 0.260 e. The Bertz CT molecular complexity index is 601. The van der Waals surface area contributed by atoms with Crippen molar-refractivity contribution in [1.29, 1.82) is 0 Å². The highest BCUT2D eigenvalue weighted by molar-refractivity contribution is 7.90. The molecular formula is C15H23NO3S. The number of fused-ring (bicyclic) bond motifs is 1. The molecule has 0 aromatic rings. The number of rotatable bonds is 1. The molecule has 0 aromatic carbocycles. The van der Waals surface area contributed by atoms with E-state index in [1.165, 1.54) is 10.4 Å². The molecule has 3 aliphatic rings. The maximum atomic E-state index is 12.5. The zero-order valence-electron chi connectivity index (χ0n) is 12.6. The Balaban J connectivity index is 2.07. The van der Waals surface area contributed by atoms with Crippen LogP contribution < -0.4 is 0 Å². The van der Waals surface area contributed by atoms with Crippen molar-refractivity contribution >= 4 is 15.9 Å². The number of carbonyl (C=O) groups excluding carboxylic acids is 1. The van der Waals surface area contributed by atoms with Gasteiger partial charge in [-0.1, -0.05) is 19.4 Å². The first-order chi connectivity index (χ1) is 9.12. The molecule has 0 unspecified atom stereocenters. The predicted molar refractivity (Wildman–Crippen MR) is 77.4 cm³/mol. The largest absolute Gasteiger partial charge is 0.269 e. The molecule has 2 bridgehead atoms. The molecule has 1 saturated heterocycles. The molecule has 1 amide bonds. The molecule has 112 valence electrons. The number of allylic oxidation sites excluding steroid dienone is 1. The van der Waals surface area contributed by atoms with E-state index in [2.05, 4.69) is 13.8 Å². The van der Waals surface area contributed by atoms with Crippen LogP contribution in [0.25, 0.3) is 0 Å². The SMILES string of the molecule is CC(C)=CC(=O)N1[C@H]2C[C@@H]3CC[C@@]2(CS1(=O)=O)C3(C)C. The Morgan fingerprint density at radius 3 is 2.50 bits per heavy atom. The van der Waals surface area contributed by atoms with Gasteiger partial charge in [0, 0.05) is 11.5 Å². The molecule has 4 nitrogen and oxygen atoms in total. The van der Waals surface area contributed by atoms with E-state index in [9.17, 15) is 13.2 Å². The van der Waals surface area contributed by atoms with Gasteiger partial charge < -0.3 is 0 Å². The van der Waals surface area contributed by atoms with Gasteiger partial charge in [0.25, 0.3) is 5.91 Å². The molecular weight excluding hydrogens is 274 g/mol. The van der Waals surface area contributed by atoms with Crippen LogP contribution in [0.1, 0.15) is 47.0 Å². The third-order valence-electron chi connectivity index (χ3n) is 6.04. The molecule has 3 fully saturated rings. The van der Waals surface area contributed by atoms with Crippen LogP contribution in [-0.4, -0.2) is 30.4 Å². The molecule has 1 aliphatic heterocycles. The minimum absolute atomic E-state index is 0.0186. The fourth-order valence-electron chi connectivity index (χ4n) is 4.89. The zero-order valence-corrected chi connectivity index (χ0v) is 13.5. The van der Waals surface area contributed by atoms with Gasteiger partial charge in [-0.05, 0) is 44.4 Å². The standard InChI is InChI=1S/C15H23NO3S/c1-10(2)7-13(17)16-12-8-11-5-6-15(12,14(11,3)4)9-20(16,18)19/h7,11-12H,5-6,8-9H2,1-4H3/t11-,12-,15-/m0/s1.